The van der Waals surface area contributed by atoms with Crippen LogP contribution in [0.5, 0.6) is 5.75 Å². The lowest BCUT2D eigenvalue weighted by molar-refractivity contribution is 0.414. The molecule has 0 saturated heterocycles. The van der Waals surface area contributed by atoms with E-state index in [-0.39, 0.29) is 22.2 Å². The van der Waals surface area contributed by atoms with Crippen molar-refractivity contribution in [3.63, 3.8) is 0 Å². The second kappa shape index (κ2) is 7.32. The Morgan fingerprint density at radius 2 is 1.93 bits per heavy atom. The monoisotopic (exact) mass is 384 g/mol. The van der Waals surface area contributed by atoms with Crippen LogP contribution < -0.4 is 4.74 Å². The van der Waals surface area contributed by atoms with E-state index in [0.717, 1.165) is 17.0 Å². The number of hydrogen-bond donors (Lipinski definition) is 0. The molecule has 0 unspecified atom stereocenters. The summed E-state index contributed by atoms with van der Waals surface area (Å²) in [5.74, 6) is 0.930. The molecular weight excluding hydrogens is 364 g/mol. The highest BCUT2D eigenvalue weighted by atomic mass is 32.2. The van der Waals surface area contributed by atoms with Crippen molar-refractivity contribution in [3.8, 4) is 23.0 Å². The van der Waals surface area contributed by atoms with E-state index in [1.54, 1.807) is 37.9 Å². The first-order chi connectivity index (χ1) is 12.9. The zero-order valence-corrected chi connectivity index (χ0v) is 16.2. The van der Waals surface area contributed by atoms with Crippen LogP contribution in [0.4, 0.5) is 0 Å². The summed E-state index contributed by atoms with van der Waals surface area (Å²) < 4.78 is 31.9. The number of methoxy groups -OCH3 is 1. The molecule has 0 bridgehead atoms. The number of allylic oxidation sites excluding steroid dienone is 1. The Balaban J connectivity index is 2.08. The highest BCUT2D eigenvalue weighted by Gasteiger charge is 2.22. The molecule has 1 aromatic carbocycles. The Morgan fingerprint density at radius 1 is 1.22 bits per heavy atom. The first kappa shape index (κ1) is 18.8. The van der Waals surface area contributed by atoms with Crippen LogP contribution in [0.2, 0.25) is 0 Å². The fraction of sp³-hybridized carbons (Fsp3) is 0.211. The Hall–Kier alpha value is -3.00. The highest BCUT2D eigenvalue weighted by molar-refractivity contribution is 7.91. The van der Waals surface area contributed by atoms with E-state index in [0.29, 0.717) is 5.56 Å². The van der Waals surface area contributed by atoms with Gasteiger partial charge in [-0.05, 0) is 48.4 Å². The molecule has 0 radical (unpaired) electrons. The van der Waals surface area contributed by atoms with Gasteiger partial charge in [-0.2, -0.15) is 0 Å². The lowest BCUT2D eigenvalue weighted by Gasteiger charge is -2.09. The zero-order valence-electron chi connectivity index (χ0n) is 15.4. The van der Waals surface area contributed by atoms with E-state index in [9.17, 15) is 8.42 Å². The van der Waals surface area contributed by atoms with Crippen molar-refractivity contribution in [2.45, 2.75) is 18.7 Å². The van der Waals surface area contributed by atoms with Gasteiger partial charge >= 0.3 is 0 Å². The maximum atomic E-state index is 12.6. The van der Waals surface area contributed by atoms with Gasteiger partial charge in [0.05, 0.1) is 23.4 Å². The molecule has 0 aliphatic carbocycles. The molecule has 0 spiro atoms. The van der Waals surface area contributed by atoms with Crippen LogP contribution in [-0.4, -0.2) is 41.0 Å². The molecule has 3 aromatic rings. The Bertz CT molecular complexity index is 1090. The standard InChI is InChI=1S/C19H20N4O3S/c1-5-27(24,25)17-10-14(13(2)3)11-20-18(17)19-21-12-23(22-19)15-6-8-16(26-4)9-7-15/h6-12H,2,5H2,1,3-4H3. The zero-order chi connectivity index (χ0) is 19.6. The minimum atomic E-state index is -3.51. The van der Waals surface area contributed by atoms with Crippen LogP contribution in [-0.2, 0) is 9.84 Å². The van der Waals surface area contributed by atoms with Crippen LogP contribution in [0.25, 0.3) is 22.8 Å². The third-order valence-electron chi connectivity index (χ3n) is 4.10. The van der Waals surface area contributed by atoms with E-state index in [1.165, 1.54) is 6.33 Å². The first-order valence-corrected chi connectivity index (χ1v) is 9.96. The predicted octanol–water partition coefficient (Wildman–Crippen LogP) is 3.16. The molecule has 27 heavy (non-hydrogen) atoms. The first-order valence-electron chi connectivity index (χ1n) is 8.31. The van der Waals surface area contributed by atoms with Crippen molar-refractivity contribution in [1.82, 2.24) is 19.7 Å². The van der Waals surface area contributed by atoms with E-state index < -0.39 is 9.84 Å². The third kappa shape index (κ3) is 3.75. The van der Waals surface area contributed by atoms with Crippen LogP contribution in [0.1, 0.15) is 19.4 Å². The SMILES string of the molecule is C=C(C)c1cnc(-c2ncn(-c3ccc(OC)cc3)n2)c(S(=O)(=O)CC)c1. The third-order valence-corrected chi connectivity index (χ3v) is 5.84. The number of benzene rings is 1. The van der Waals surface area contributed by atoms with Gasteiger partial charge in [-0.15, -0.1) is 5.10 Å². The van der Waals surface area contributed by atoms with Crippen molar-refractivity contribution >= 4 is 15.4 Å². The van der Waals surface area contributed by atoms with Gasteiger partial charge < -0.3 is 4.74 Å². The largest absolute Gasteiger partial charge is 0.497 e. The Morgan fingerprint density at radius 3 is 2.52 bits per heavy atom. The summed E-state index contributed by atoms with van der Waals surface area (Å²) in [6.45, 7) is 7.25. The molecule has 8 heteroatoms. The summed E-state index contributed by atoms with van der Waals surface area (Å²) in [6, 6.07) is 8.86. The summed E-state index contributed by atoms with van der Waals surface area (Å²) >= 11 is 0. The maximum absolute atomic E-state index is 12.6. The molecular formula is C19H20N4O3S. The number of hydrogen-bond acceptors (Lipinski definition) is 6. The molecule has 140 valence electrons. The maximum Gasteiger partial charge on any atom is 0.201 e. The van der Waals surface area contributed by atoms with Gasteiger partial charge in [0.15, 0.2) is 9.84 Å². The van der Waals surface area contributed by atoms with E-state index >= 15 is 0 Å². The minimum Gasteiger partial charge on any atom is -0.497 e. The van der Waals surface area contributed by atoms with Gasteiger partial charge in [-0.25, -0.2) is 18.1 Å². The van der Waals surface area contributed by atoms with Crippen LogP contribution >= 0.6 is 0 Å². The average Bonchev–Trinajstić information content (AvgIpc) is 3.17. The van der Waals surface area contributed by atoms with Crippen LogP contribution in [0, 0.1) is 0 Å². The van der Waals surface area contributed by atoms with Gasteiger partial charge in [-0.3, -0.25) is 4.98 Å². The molecule has 0 aliphatic heterocycles. The van der Waals surface area contributed by atoms with Gasteiger partial charge in [0.25, 0.3) is 0 Å². The second-order valence-corrected chi connectivity index (χ2v) is 8.21. The molecule has 0 N–H and O–H groups in total. The fourth-order valence-corrected chi connectivity index (χ4v) is 3.53. The van der Waals surface area contributed by atoms with E-state index in [4.69, 9.17) is 4.74 Å². The van der Waals surface area contributed by atoms with Crippen molar-refractivity contribution in [2.24, 2.45) is 0 Å². The fourth-order valence-electron chi connectivity index (χ4n) is 2.47. The molecule has 0 atom stereocenters. The summed E-state index contributed by atoms with van der Waals surface area (Å²) in [7, 11) is -1.91. The summed E-state index contributed by atoms with van der Waals surface area (Å²) in [5.41, 5.74) is 2.40. The highest BCUT2D eigenvalue weighted by Crippen LogP contribution is 2.27. The summed E-state index contributed by atoms with van der Waals surface area (Å²) in [4.78, 5) is 8.69. The normalized spacial score (nSPS) is 11.4. The van der Waals surface area contributed by atoms with Crippen LogP contribution in [0.3, 0.4) is 0 Å². The second-order valence-electron chi connectivity index (χ2n) is 5.97. The van der Waals surface area contributed by atoms with Crippen molar-refractivity contribution < 1.29 is 13.2 Å². The van der Waals surface area contributed by atoms with Crippen molar-refractivity contribution in [2.75, 3.05) is 12.9 Å². The Labute approximate surface area is 158 Å². The molecule has 0 aliphatic rings. The van der Waals surface area contributed by atoms with Gasteiger partial charge in [0.2, 0.25) is 5.82 Å². The molecule has 0 fully saturated rings. The molecule has 3 rings (SSSR count). The summed E-state index contributed by atoms with van der Waals surface area (Å²) in [5, 5.41) is 4.40. The predicted molar refractivity (Wildman–Crippen MR) is 104 cm³/mol. The molecule has 0 amide bonds. The lowest BCUT2D eigenvalue weighted by Crippen LogP contribution is -2.08. The summed E-state index contributed by atoms with van der Waals surface area (Å²) in [6.07, 6.45) is 3.11. The number of sulfone groups is 1. The van der Waals surface area contributed by atoms with Crippen molar-refractivity contribution in [3.05, 3.63) is 55.0 Å². The molecule has 2 heterocycles. The molecule has 7 nitrogen and oxygen atoms in total. The minimum absolute atomic E-state index is 0.0412. The van der Waals surface area contributed by atoms with Gasteiger partial charge in [0.1, 0.15) is 17.8 Å². The lowest BCUT2D eigenvalue weighted by atomic mass is 10.1. The smallest absolute Gasteiger partial charge is 0.201 e. The van der Waals surface area contributed by atoms with E-state index in [1.807, 2.05) is 24.3 Å². The number of pyridine rings is 1. The van der Waals surface area contributed by atoms with Crippen molar-refractivity contribution in [1.29, 1.82) is 0 Å². The topological polar surface area (TPSA) is 87.0 Å². The Kier molecular flexibility index (Phi) is 5.09. The van der Waals surface area contributed by atoms with Gasteiger partial charge in [-0.1, -0.05) is 13.5 Å². The van der Waals surface area contributed by atoms with Crippen LogP contribution in [0.15, 0.2) is 54.3 Å². The van der Waals surface area contributed by atoms with E-state index in [2.05, 4.69) is 21.6 Å². The number of rotatable bonds is 6. The van der Waals surface area contributed by atoms with Gasteiger partial charge in [0, 0.05) is 6.20 Å². The average molecular weight is 384 g/mol. The number of aromatic nitrogens is 4. The number of nitrogens with zero attached hydrogens (tertiary/aromatic N) is 4. The number of ether oxygens (including phenoxy) is 1. The molecule has 0 saturated carbocycles. The molecule has 2 aromatic heterocycles. The quantitative estimate of drug-likeness (QED) is 0.649.